The Hall–Kier alpha value is -3.13. The molecule has 0 spiro atoms. The average molecular weight is 307 g/mol. The first kappa shape index (κ1) is 16.2. The van der Waals surface area contributed by atoms with Crippen LogP contribution in [0.5, 0.6) is 5.75 Å². The Morgan fingerprint density at radius 3 is 2.83 bits per heavy atom. The van der Waals surface area contributed by atoms with E-state index in [9.17, 15) is 10.1 Å². The van der Waals surface area contributed by atoms with E-state index in [4.69, 9.17) is 4.74 Å². The lowest BCUT2D eigenvalue weighted by Gasteiger charge is -2.11. The van der Waals surface area contributed by atoms with Gasteiger partial charge in [-0.05, 0) is 43.7 Å². The van der Waals surface area contributed by atoms with Gasteiger partial charge in [0.25, 0.3) is 5.91 Å². The summed E-state index contributed by atoms with van der Waals surface area (Å²) in [7, 11) is 0. The van der Waals surface area contributed by atoms with E-state index in [-0.39, 0.29) is 11.7 Å². The third kappa shape index (κ3) is 4.97. The predicted octanol–water partition coefficient (Wildman–Crippen LogP) is 3.41. The molecule has 1 amide bonds. The quantitative estimate of drug-likeness (QED) is 0.678. The van der Waals surface area contributed by atoms with Gasteiger partial charge in [-0.2, -0.15) is 5.26 Å². The number of aromatic nitrogens is 1. The average Bonchev–Trinajstić information content (AvgIpc) is 2.53. The maximum absolute atomic E-state index is 12.2. The fourth-order valence-corrected chi connectivity index (χ4v) is 1.89. The zero-order valence-corrected chi connectivity index (χ0v) is 13.0. The fraction of sp³-hybridized carbons (Fsp3) is 0.167. The first-order valence-electron chi connectivity index (χ1n) is 7.18. The van der Waals surface area contributed by atoms with Gasteiger partial charge in [0, 0.05) is 24.1 Å². The van der Waals surface area contributed by atoms with Crippen molar-refractivity contribution >= 4 is 17.7 Å². The molecule has 5 heteroatoms. The molecule has 0 saturated heterocycles. The molecule has 1 aromatic carbocycles. The highest BCUT2D eigenvalue weighted by atomic mass is 16.5. The Morgan fingerprint density at radius 1 is 1.35 bits per heavy atom. The number of ether oxygens (including phenoxy) is 1. The van der Waals surface area contributed by atoms with Gasteiger partial charge in [-0.15, -0.1) is 0 Å². The largest absolute Gasteiger partial charge is 0.491 e. The highest BCUT2D eigenvalue weighted by Gasteiger charge is 2.10. The summed E-state index contributed by atoms with van der Waals surface area (Å²) in [5.41, 5.74) is 1.27. The molecule has 1 heterocycles. The normalized spacial score (nSPS) is 11.0. The maximum atomic E-state index is 12.2. The topological polar surface area (TPSA) is 75.0 Å². The van der Waals surface area contributed by atoms with Gasteiger partial charge in [0.05, 0.1) is 6.10 Å². The molecule has 116 valence electrons. The lowest BCUT2D eigenvalue weighted by atomic mass is 10.1. The van der Waals surface area contributed by atoms with Crippen molar-refractivity contribution in [1.82, 2.24) is 4.98 Å². The van der Waals surface area contributed by atoms with Crippen LogP contribution in [0.1, 0.15) is 19.4 Å². The second-order valence-electron chi connectivity index (χ2n) is 5.10. The van der Waals surface area contributed by atoms with E-state index in [1.807, 2.05) is 26.0 Å². The van der Waals surface area contributed by atoms with Gasteiger partial charge in [-0.1, -0.05) is 12.1 Å². The van der Waals surface area contributed by atoms with Gasteiger partial charge in [-0.3, -0.25) is 9.78 Å². The molecule has 1 N–H and O–H groups in total. The van der Waals surface area contributed by atoms with E-state index in [1.165, 1.54) is 6.08 Å². The standard InChI is InChI=1S/C18H17N3O2/c1-13(2)23-17-7-3-6-16(10-17)21-18(22)15(11-19)9-14-5-4-8-20-12-14/h3-10,12-13H,1-2H3,(H,21,22)/b15-9-. The number of rotatable bonds is 5. The zero-order valence-electron chi connectivity index (χ0n) is 13.0. The minimum absolute atomic E-state index is 0.00758. The number of nitrogens with zero attached hydrogens (tertiary/aromatic N) is 2. The van der Waals surface area contributed by atoms with Crippen LogP contribution >= 0.6 is 0 Å². The van der Waals surface area contributed by atoms with E-state index in [2.05, 4.69) is 10.3 Å². The summed E-state index contributed by atoms with van der Waals surface area (Å²) in [4.78, 5) is 16.2. The van der Waals surface area contributed by atoms with E-state index in [0.717, 1.165) is 0 Å². The van der Waals surface area contributed by atoms with Crippen molar-refractivity contribution in [3.8, 4) is 11.8 Å². The highest BCUT2D eigenvalue weighted by Crippen LogP contribution is 2.19. The van der Waals surface area contributed by atoms with Crippen molar-refractivity contribution in [2.75, 3.05) is 5.32 Å². The number of pyridine rings is 1. The number of nitriles is 1. The van der Waals surface area contributed by atoms with Crippen LogP contribution in [0.4, 0.5) is 5.69 Å². The predicted molar refractivity (Wildman–Crippen MR) is 88.7 cm³/mol. The molecule has 2 aromatic rings. The van der Waals surface area contributed by atoms with Crippen molar-refractivity contribution < 1.29 is 9.53 Å². The number of anilines is 1. The molecule has 0 bridgehead atoms. The summed E-state index contributed by atoms with van der Waals surface area (Å²) < 4.78 is 5.58. The lowest BCUT2D eigenvalue weighted by Crippen LogP contribution is -2.13. The number of carbonyl (C=O) groups excluding carboxylic acids is 1. The van der Waals surface area contributed by atoms with Crippen molar-refractivity contribution in [3.05, 3.63) is 59.9 Å². The van der Waals surface area contributed by atoms with E-state index >= 15 is 0 Å². The third-order valence-electron chi connectivity index (χ3n) is 2.82. The Balaban J connectivity index is 2.14. The van der Waals surface area contributed by atoms with Crippen molar-refractivity contribution in [2.24, 2.45) is 0 Å². The lowest BCUT2D eigenvalue weighted by molar-refractivity contribution is -0.112. The molecule has 2 rings (SSSR count). The van der Waals surface area contributed by atoms with Crippen LogP contribution in [0.25, 0.3) is 6.08 Å². The first-order valence-corrected chi connectivity index (χ1v) is 7.18. The van der Waals surface area contributed by atoms with Crippen LogP contribution in [-0.4, -0.2) is 17.0 Å². The number of amides is 1. The summed E-state index contributed by atoms with van der Waals surface area (Å²) in [5, 5.41) is 11.9. The van der Waals surface area contributed by atoms with Gasteiger partial charge in [0.15, 0.2) is 0 Å². The van der Waals surface area contributed by atoms with Crippen LogP contribution in [0.3, 0.4) is 0 Å². The summed E-state index contributed by atoms with van der Waals surface area (Å²) >= 11 is 0. The van der Waals surface area contributed by atoms with Gasteiger partial charge < -0.3 is 10.1 Å². The van der Waals surface area contributed by atoms with Crippen LogP contribution in [0.2, 0.25) is 0 Å². The monoisotopic (exact) mass is 307 g/mol. The molecule has 0 aliphatic heterocycles. The molecule has 0 atom stereocenters. The van der Waals surface area contributed by atoms with E-state index in [0.29, 0.717) is 17.0 Å². The second-order valence-corrected chi connectivity index (χ2v) is 5.10. The van der Waals surface area contributed by atoms with Crippen molar-refractivity contribution in [1.29, 1.82) is 5.26 Å². The zero-order chi connectivity index (χ0) is 16.7. The third-order valence-corrected chi connectivity index (χ3v) is 2.82. The van der Waals surface area contributed by atoms with Crippen molar-refractivity contribution in [2.45, 2.75) is 20.0 Å². The van der Waals surface area contributed by atoms with Gasteiger partial charge in [-0.25, -0.2) is 0 Å². The van der Waals surface area contributed by atoms with Gasteiger partial charge in [0.2, 0.25) is 0 Å². The van der Waals surface area contributed by atoms with Crippen molar-refractivity contribution in [3.63, 3.8) is 0 Å². The van der Waals surface area contributed by atoms with Crippen LogP contribution in [0, 0.1) is 11.3 Å². The fourth-order valence-electron chi connectivity index (χ4n) is 1.89. The smallest absolute Gasteiger partial charge is 0.266 e. The van der Waals surface area contributed by atoms with Crippen LogP contribution < -0.4 is 10.1 Å². The molecule has 1 aromatic heterocycles. The minimum atomic E-state index is -0.474. The number of nitrogens with one attached hydrogen (secondary N) is 1. The van der Waals surface area contributed by atoms with Gasteiger partial charge >= 0.3 is 0 Å². The molecule has 0 saturated carbocycles. The van der Waals surface area contributed by atoms with E-state index in [1.54, 1.807) is 42.7 Å². The first-order chi connectivity index (χ1) is 11.1. The molecule has 5 nitrogen and oxygen atoms in total. The molecular weight excluding hydrogens is 290 g/mol. The Labute approximate surface area is 135 Å². The minimum Gasteiger partial charge on any atom is -0.491 e. The summed E-state index contributed by atoms with van der Waals surface area (Å²) in [6.45, 7) is 3.85. The molecular formula is C18H17N3O2. The highest BCUT2D eigenvalue weighted by molar-refractivity contribution is 6.09. The Bertz CT molecular complexity index is 746. The molecule has 0 fully saturated rings. The number of hydrogen-bond donors (Lipinski definition) is 1. The molecule has 0 unspecified atom stereocenters. The number of carbonyl (C=O) groups is 1. The molecule has 0 aliphatic carbocycles. The van der Waals surface area contributed by atoms with Gasteiger partial charge in [0.1, 0.15) is 17.4 Å². The van der Waals surface area contributed by atoms with Crippen LogP contribution in [0.15, 0.2) is 54.4 Å². The maximum Gasteiger partial charge on any atom is 0.266 e. The summed E-state index contributed by atoms with van der Waals surface area (Å²) in [6.07, 6.45) is 4.75. The SMILES string of the molecule is CC(C)Oc1cccc(NC(=O)/C(C#N)=C\c2cccnc2)c1. The van der Waals surface area contributed by atoms with E-state index < -0.39 is 5.91 Å². The molecule has 0 aliphatic rings. The molecule has 23 heavy (non-hydrogen) atoms. The number of benzene rings is 1. The summed E-state index contributed by atoms with van der Waals surface area (Å²) in [5.74, 6) is 0.186. The van der Waals surface area contributed by atoms with Crippen LogP contribution in [-0.2, 0) is 4.79 Å². The summed E-state index contributed by atoms with van der Waals surface area (Å²) in [6, 6.07) is 12.5. The Kier molecular flexibility index (Phi) is 5.48. The second kappa shape index (κ2) is 7.76. The Morgan fingerprint density at radius 2 is 2.17 bits per heavy atom. The molecule has 0 radical (unpaired) electrons. The number of hydrogen-bond acceptors (Lipinski definition) is 4.